The van der Waals surface area contributed by atoms with Gasteiger partial charge in [-0.2, -0.15) is 0 Å². The minimum atomic E-state index is -0.833. The highest BCUT2D eigenvalue weighted by molar-refractivity contribution is 6.02. The molecule has 0 aromatic heterocycles. The van der Waals surface area contributed by atoms with Gasteiger partial charge in [-0.1, -0.05) is 0 Å². The molecule has 12 nitrogen and oxygen atoms in total. The van der Waals surface area contributed by atoms with E-state index in [4.69, 9.17) is 25.8 Å². The van der Waals surface area contributed by atoms with Crippen molar-refractivity contribution in [1.82, 2.24) is 10.6 Å². The standard InChI is InChI=1S/C17H23N5O4.C2H4O2.H2O/c1-2-26-14(23)7-9-20-17(25)21-13-8-10-22(16(13)24)12-5-3-11(4-6-12)15(18)19;1-2(3)4;/h3-6,13H,2,7-10H2,1H3,(H3,18,19)(H2,20,21,25);1H3,(H,3,4);1H2/t13-;;/m0../s1. The summed E-state index contributed by atoms with van der Waals surface area (Å²) in [7, 11) is 0. The third kappa shape index (κ3) is 9.58. The second kappa shape index (κ2) is 13.5. The van der Waals surface area contributed by atoms with Crippen LogP contribution in [-0.4, -0.2) is 66.0 Å². The predicted octanol–water partition coefficient (Wildman–Crippen LogP) is -0.405. The minimum absolute atomic E-state index is 0. The third-order valence-electron chi connectivity index (χ3n) is 3.92. The fourth-order valence-corrected chi connectivity index (χ4v) is 2.61. The second-order valence-electron chi connectivity index (χ2n) is 6.27. The van der Waals surface area contributed by atoms with Crippen molar-refractivity contribution in [3.8, 4) is 0 Å². The number of rotatable bonds is 7. The molecule has 0 spiro atoms. The Hall–Kier alpha value is -3.67. The highest BCUT2D eigenvalue weighted by Crippen LogP contribution is 2.22. The van der Waals surface area contributed by atoms with Crippen LogP contribution in [0.4, 0.5) is 10.5 Å². The molecule has 1 atom stereocenters. The summed E-state index contributed by atoms with van der Waals surface area (Å²) in [5.74, 6) is -1.46. The van der Waals surface area contributed by atoms with Crippen molar-refractivity contribution in [3.63, 3.8) is 0 Å². The summed E-state index contributed by atoms with van der Waals surface area (Å²) in [4.78, 5) is 46.1. The number of urea groups is 1. The van der Waals surface area contributed by atoms with Crippen LogP contribution in [0.3, 0.4) is 0 Å². The summed E-state index contributed by atoms with van der Waals surface area (Å²) in [6, 6.07) is 5.67. The van der Waals surface area contributed by atoms with E-state index in [9.17, 15) is 14.4 Å². The number of amides is 3. The molecule has 0 bridgehead atoms. The van der Waals surface area contributed by atoms with Crippen LogP contribution in [0.25, 0.3) is 0 Å². The molecule has 1 aliphatic heterocycles. The van der Waals surface area contributed by atoms with Gasteiger partial charge in [-0.25, -0.2) is 4.79 Å². The van der Waals surface area contributed by atoms with Gasteiger partial charge in [-0.3, -0.25) is 19.8 Å². The molecule has 1 aromatic rings. The Balaban J connectivity index is 0.00000165. The van der Waals surface area contributed by atoms with E-state index < -0.39 is 18.0 Å². The van der Waals surface area contributed by atoms with E-state index in [0.717, 1.165) is 6.92 Å². The lowest BCUT2D eigenvalue weighted by Gasteiger charge is -2.17. The Kier molecular flexibility index (Phi) is 11.9. The topological polar surface area (TPSA) is 206 Å². The number of carbonyl (C=O) groups excluding carboxylic acids is 3. The zero-order chi connectivity index (χ0) is 22.7. The van der Waals surface area contributed by atoms with E-state index in [2.05, 4.69) is 10.6 Å². The van der Waals surface area contributed by atoms with Crippen molar-refractivity contribution < 1.29 is 34.5 Å². The van der Waals surface area contributed by atoms with Gasteiger partial charge in [0, 0.05) is 31.3 Å². The molecule has 3 amide bonds. The molecular formula is C19H29N5O7. The number of carboxylic acids is 1. The SMILES string of the molecule is CC(=O)O.CCOC(=O)CCNC(=O)N[C@H]1CCN(c2ccc(C(=N)N)cc2)C1=O.O. The molecule has 1 heterocycles. The molecule has 0 aliphatic carbocycles. The van der Waals surface area contributed by atoms with Gasteiger partial charge in [0.25, 0.3) is 5.97 Å². The Morgan fingerprint density at radius 3 is 2.39 bits per heavy atom. The van der Waals surface area contributed by atoms with E-state index >= 15 is 0 Å². The summed E-state index contributed by atoms with van der Waals surface area (Å²) >= 11 is 0. The molecule has 8 N–H and O–H groups in total. The summed E-state index contributed by atoms with van der Waals surface area (Å²) in [6.07, 6.45) is 0.563. The van der Waals surface area contributed by atoms with Crippen molar-refractivity contribution in [2.75, 3.05) is 24.6 Å². The Labute approximate surface area is 179 Å². The van der Waals surface area contributed by atoms with E-state index in [1.54, 1.807) is 36.1 Å². The number of amidine groups is 1. The van der Waals surface area contributed by atoms with Gasteiger partial charge >= 0.3 is 12.0 Å². The zero-order valence-electron chi connectivity index (χ0n) is 17.4. The Morgan fingerprint density at radius 1 is 1.29 bits per heavy atom. The van der Waals surface area contributed by atoms with Crippen LogP contribution in [0.15, 0.2) is 24.3 Å². The van der Waals surface area contributed by atoms with Crippen molar-refractivity contribution in [2.45, 2.75) is 32.7 Å². The predicted molar refractivity (Wildman–Crippen MR) is 113 cm³/mol. The largest absolute Gasteiger partial charge is 0.481 e. The highest BCUT2D eigenvalue weighted by atomic mass is 16.5. The van der Waals surface area contributed by atoms with Crippen LogP contribution in [0.2, 0.25) is 0 Å². The Morgan fingerprint density at radius 2 is 1.87 bits per heavy atom. The molecule has 31 heavy (non-hydrogen) atoms. The quantitative estimate of drug-likeness (QED) is 0.215. The molecule has 0 radical (unpaired) electrons. The van der Waals surface area contributed by atoms with Crippen molar-refractivity contribution >= 4 is 35.4 Å². The Bertz CT molecular complexity index is 778. The van der Waals surface area contributed by atoms with Crippen LogP contribution >= 0.6 is 0 Å². The lowest BCUT2D eigenvalue weighted by Crippen LogP contribution is -2.46. The molecule has 12 heteroatoms. The number of hydrogen-bond acceptors (Lipinski definition) is 6. The smallest absolute Gasteiger partial charge is 0.315 e. The number of nitrogens with two attached hydrogens (primary N) is 1. The molecular weight excluding hydrogens is 410 g/mol. The normalized spacial score (nSPS) is 14.5. The van der Waals surface area contributed by atoms with E-state index in [-0.39, 0.29) is 36.2 Å². The number of esters is 1. The fourth-order valence-electron chi connectivity index (χ4n) is 2.61. The van der Waals surface area contributed by atoms with Crippen LogP contribution < -0.4 is 21.3 Å². The molecule has 1 aliphatic rings. The maximum absolute atomic E-state index is 12.5. The fraction of sp³-hybridized carbons (Fsp3) is 0.421. The van der Waals surface area contributed by atoms with E-state index in [1.165, 1.54) is 0 Å². The summed E-state index contributed by atoms with van der Waals surface area (Å²) in [6.45, 7) is 3.71. The summed E-state index contributed by atoms with van der Waals surface area (Å²) in [5.41, 5.74) is 6.68. The number of hydrogen-bond donors (Lipinski definition) is 5. The van der Waals surface area contributed by atoms with Crippen molar-refractivity contribution in [2.24, 2.45) is 5.73 Å². The van der Waals surface area contributed by atoms with Crippen molar-refractivity contribution in [1.29, 1.82) is 5.41 Å². The first-order valence-electron chi connectivity index (χ1n) is 9.31. The minimum Gasteiger partial charge on any atom is -0.481 e. The number of nitrogens with one attached hydrogen (secondary N) is 3. The van der Waals surface area contributed by atoms with Gasteiger partial charge in [-0.15, -0.1) is 0 Å². The molecule has 1 saturated heterocycles. The lowest BCUT2D eigenvalue weighted by atomic mass is 10.2. The van der Waals surface area contributed by atoms with E-state index in [0.29, 0.717) is 30.8 Å². The van der Waals surface area contributed by atoms with Crippen LogP contribution in [0.1, 0.15) is 32.3 Å². The monoisotopic (exact) mass is 439 g/mol. The average Bonchev–Trinajstić information content (AvgIpc) is 3.02. The van der Waals surface area contributed by atoms with Gasteiger partial charge in [0.2, 0.25) is 5.91 Å². The molecule has 0 saturated carbocycles. The average molecular weight is 439 g/mol. The first kappa shape index (κ1) is 27.3. The number of nitrogen functional groups attached to an aromatic ring is 1. The van der Waals surface area contributed by atoms with Gasteiger partial charge in [0.15, 0.2) is 0 Å². The first-order chi connectivity index (χ1) is 14.1. The van der Waals surface area contributed by atoms with Crippen LogP contribution in [-0.2, 0) is 19.1 Å². The van der Waals surface area contributed by atoms with Gasteiger partial charge in [0.05, 0.1) is 13.0 Å². The number of anilines is 1. The molecule has 1 aromatic carbocycles. The maximum atomic E-state index is 12.5. The van der Waals surface area contributed by atoms with E-state index in [1.807, 2.05) is 0 Å². The number of benzene rings is 1. The molecule has 0 unspecified atom stereocenters. The summed E-state index contributed by atoms with van der Waals surface area (Å²) in [5, 5.41) is 20.0. The van der Waals surface area contributed by atoms with Gasteiger partial charge in [-0.05, 0) is 37.6 Å². The number of aliphatic carboxylic acids is 1. The van der Waals surface area contributed by atoms with Crippen LogP contribution in [0, 0.1) is 5.41 Å². The third-order valence-corrected chi connectivity index (χ3v) is 3.92. The molecule has 1 fully saturated rings. The molecule has 2 rings (SSSR count). The zero-order valence-corrected chi connectivity index (χ0v) is 17.4. The first-order valence-corrected chi connectivity index (χ1v) is 9.31. The number of nitrogens with zero attached hydrogens (tertiary/aromatic N) is 1. The number of ether oxygens (including phenoxy) is 1. The van der Waals surface area contributed by atoms with Gasteiger partial charge < -0.3 is 36.6 Å². The lowest BCUT2D eigenvalue weighted by molar-refractivity contribution is -0.143. The highest BCUT2D eigenvalue weighted by Gasteiger charge is 2.33. The summed E-state index contributed by atoms with van der Waals surface area (Å²) < 4.78 is 4.77. The molecule has 172 valence electrons. The number of carboxylic acid groups (broad SMARTS) is 1. The second-order valence-corrected chi connectivity index (χ2v) is 6.27. The number of carbonyl (C=O) groups is 4. The van der Waals surface area contributed by atoms with Crippen molar-refractivity contribution in [3.05, 3.63) is 29.8 Å². The van der Waals surface area contributed by atoms with Crippen LogP contribution in [0.5, 0.6) is 0 Å². The maximum Gasteiger partial charge on any atom is 0.315 e. The van der Waals surface area contributed by atoms with Gasteiger partial charge in [0.1, 0.15) is 11.9 Å².